The van der Waals surface area contributed by atoms with Crippen LogP contribution in [-0.4, -0.2) is 12.7 Å². The van der Waals surface area contributed by atoms with Crippen LogP contribution in [0.15, 0.2) is 35.5 Å². The molecule has 186 valence electrons. The summed E-state index contributed by atoms with van der Waals surface area (Å²) in [5, 5.41) is 0. The Hall–Kier alpha value is -0.820. The average molecular weight is 445 g/mol. The lowest BCUT2D eigenvalue weighted by molar-refractivity contribution is 0.0427. The van der Waals surface area contributed by atoms with Gasteiger partial charge in [-0.1, -0.05) is 89.3 Å². The van der Waals surface area contributed by atoms with Crippen molar-refractivity contribution in [2.45, 2.75) is 126 Å². The van der Waals surface area contributed by atoms with Gasteiger partial charge in [-0.15, -0.1) is 0 Å². The zero-order chi connectivity index (χ0) is 23.9. The molecule has 0 N–H and O–H groups in total. The van der Waals surface area contributed by atoms with E-state index in [0.29, 0.717) is 12.0 Å². The largest absolute Gasteiger partial charge is 0.374 e. The van der Waals surface area contributed by atoms with Crippen molar-refractivity contribution in [2.24, 2.45) is 29.6 Å². The third-order valence-electron chi connectivity index (χ3n) is 7.33. The highest BCUT2D eigenvalue weighted by atomic mass is 16.5. The second-order valence-corrected chi connectivity index (χ2v) is 11.2. The van der Waals surface area contributed by atoms with E-state index < -0.39 is 0 Å². The average Bonchev–Trinajstić information content (AvgIpc) is 2.80. The van der Waals surface area contributed by atoms with Crippen molar-refractivity contribution >= 4 is 0 Å². The van der Waals surface area contributed by atoms with Gasteiger partial charge in [0.15, 0.2) is 0 Å². The first kappa shape index (κ1) is 29.2. The van der Waals surface area contributed by atoms with E-state index in [4.69, 9.17) is 4.74 Å². The van der Waals surface area contributed by atoms with E-state index in [2.05, 4.69) is 65.8 Å². The van der Waals surface area contributed by atoms with E-state index in [9.17, 15) is 0 Å². The SMILES string of the molecule is CC.CC(C)=C/C=C(\C)CCC1CCC(C2C=CC(OCC(C)CCC(C)C)CC2)CC1. The van der Waals surface area contributed by atoms with Crippen LogP contribution in [-0.2, 0) is 4.74 Å². The predicted octanol–water partition coefficient (Wildman–Crippen LogP) is 9.94. The molecule has 1 heteroatoms. The van der Waals surface area contributed by atoms with E-state index in [0.717, 1.165) is 30.3 Å². The number of hydrogen-bond donors (Lipinski definition) is 0. The van der Waals surface area contributed by atoms with Crippen LogP contribution < -0.4 is 0 Å². The molecule has 1 fully saturated rings. The summed E-state index contributed by atoms with van der Waals surface area (Å²) in [6, 6.07) is 0. The first-order valence-electron chi connectivity index (χ1n) is 13.9. The maximum absolute atomic E-state index is 6.22. The molecule has 0 spiro atoms. The molecule has 32 heavy (non-hydrogen) atoms. The smallest absolute Gasteiger partial charge is 0.0756 e. The Morgan fingerprint density at radius 3 is 2.12 bits per heavy atom. The number of hydrogen-bond acceptors (Lipinski definition) is 1. The molecule has 2 aliphatic rings. The first-order chi connectivity index (χ1) is 15.3. The summed E-state index contributed by atoms with van der Waals surface area (Å²) < 4.78 is 6.22. The van der Waals surface area contributed by atoms with Gasteiger partial charge in [0, 0.05) is 6.61 Å². The lowest BCUT2D eigenvalue weighted by Crippen LogP contribution is -2.26. The quantitative estimate of drug-likeness (QED) is 0.227. The van der Waals surface area contributed by atoms with Crippen LogP contribution in [0.25, 0.3) is 0 Å². The molecule has 0 radical (unpaired) electrons. The molecule has 0 aliphatic heterocycles. The molecular formula is C31H56O. The molecule has 2 rings (SSSR count). The highest BCUT2D eigenvalue weighted by Gasteiger charge is 2.28. The number of ether oxygens (including phenoxy) is 1. The summed E-state index contributed by atoms with van der Waals surface area (Å²) in [5.41, 5.74) is 2.93. The van der Waals surface area contributed by atoms with Crippen LogP contribution >= 0.6 is 0 Å². The van der Waals surface area contributed by atoms with Crippen LogP contribution in [0.2, 0.25) is 0 Å². The highest BCUT2D eigenvalue weighted by molar-refractivity contribution is 5.14. The van der Waals surface area contributed by atoms with Gasteiger partial charge in [0.25, 0.3) is 0 Å². The number of rotatable bonds is 11. The van der Waals surface area contributed by atoms with Gasteiger partial charge in [0.2, 0.25) is 0 Å². The van der Waals surface area contributed by atoms with Crippen molar-refractivity contribution in [1.82, 2.24) is 0 Å². The molecule has 1 nitrogen and oxygen atoms in total. The molecule has 3 unspecified atom stereocenters. The Bertz CT molecular complexity index is 555. The molecule has 1 saturated carbocycles. The summed E-state index contributed by atoms with van der Waals surface area (Å²) in [5.74, 6) is 4.18. The van der Waals surface area contributed by atoms with Crippen LogP contribution in [0.3, 0.4) is 0 Å². The summed E-state index contributed by atoms with van der Waals surface area (Å²) >= 11 is 0. The topological polar surface area (TPSA) is 9.23 Å². The van der Waals surface area contributed by atoms with Crippen LogP contribution in [0.4, 0.5) is 0 Å². The van der Waals surface area contributed by atoms with Crippen molar-refractivity contribution in [1.29, 1.82) is 0 Å². The van der Waals surface area contributed by atoms with Crippen molar-refractivity contribution in [3.05, 3.63) is 35.5 Å². The summed E-state index contributed by atoms with van der Waals surface area (Å²) in [6.07, 6.45) is 23.5. The predicted molar refractivity (Wildman–Crippen MR) is 144 cm³/mol. The van der Waals surface area contributed by atoms with Gasteiger partial charge in [-0.2, -0.15) is 0 Å². The van der Waals surface area contributed by atoms with Gasteiger partial charge in [-0.25, -0.2) is 0 Å². The Morgan fingerprint density at radius 1 is 0.875 bits per heavy atom. The Labute approximate surface area is 202 Å². The third kappa shape index (κ3) is 12.4. The number of allylic oxidation sites excluding steroid dienone is 5. The van der Waals surface area contributed by atoms with E-state index in [1.807, 2.05) is 13.8 Å². The van der Waals surface area contributed by atoms with Crippen molar-refractivity contribution in [3.63, 3.8) is 0 Å². The molecule has 0 aromatic heterocycles. The summed E-state index contributed by atoms with van der Waals surface area (Å²) in [6.45, 7) is 18.5. The lowest BCUT2D eigenvalue weighted by Gasteiger charge is -2.35. The van der Waals surface area contributed by atoms with Gasteiger partial charge in [-0.05, 0) is 95.3 Å². The second-order valence-electron chi connectivity index (χ2n) is 11.2. The molecule has 0 bridgehead atoms. The fourth-order valence-corrected chi connectivity index (χ4v) is 5.07. The zero-order valence-electron chi connectivity index (χ0n) is 23.0. The highest BCUT2D eigenvalue weighted by Crippen LogP contribution is 2.39. The van der Waals surface area contributed by atoms with E-state index in [1.165, 1.54) is 75.4 Å². The van der Waals surface area contributed by atoms with Gasteiger partial charge in [-0.3, -0.25) is 0 Å². The van der Waals surface area contributed by atoms with E-state index in [-0.39, 0.29) is 0 Å². The molecule has 2 aliphatic carbocycles. The molecule has 3 atom stereocenters. The van der Waals surface area contributed by atoms with Gasteiger partial charge >= 0.3 is 0 Å². The second kappa shape index (κ2) is 16.7. The van der Waals surface area contributed by atoms with Crippen molar-refractivity contribution in [2.75, 3.05) is 6.61 Å². The third-order valence-corrected chi connectivity index (χ3v) is 7.33. The van der Waals surface area contributed by atoms with Crippen LogP contribution in [0, 0.1) is 29.6 Å². The van der Waals surface area contributed by atoms with Gasteiger partial charge < -0.3 is 4.74 Å². The molecular weight excluding hydrogens is 388 g/mol. The van der Waals surface area contributed by atoms with Crippen LogP contribution in [0.5, 0.6) is 0 Å². The molecule has 0 heterocycles. The molecule has 0 aromatic carbocycles. The van der Waals surface area contributed by atoms with Gasteiger partial charge in [0.05, 0.1) is 6.10 Å². The zero-order valence-corrected chi connectivity index (χ0v) is 23.0. The minimum Gasteiger partial charge on any atom is -0.374 e. The fourth-order valence-electron chi connectivity index (χ4n) is 5.07. The molecule has 0 amide bonds. The minimum absolute atomic E-state index is 0.370. The fraction of sp³-hybridized carbons (Fsp3) is 0.806. The monoisotopic (exact) mass is 444 g/mol. The normalized spacial score (nSPS) is 27.0. The van der Waals surface area contributed by atoms with Crippen LogP contribution in [0.1, 0.15) is 120 Å². The maximum atomic E-state index is 6.22. The lowest BCUT2D eigenvalue weighted by atomic mass is 9.72. The van der Waals surface area contributed by atoms with Crippen molar-refractivity contribution in [3.8, 4) is 0 Å². The van der Waals surface area contributed by atoms with Gasteiger partial charge in [0.1, 0.15) is 0 Å². The molecule has 0 aromatic rings. The van der Waals surface area contributed by atoms with Crippen molar-refractivity contribution < 1.29 is 4.74 Å². The molecule has 0 saturated heterocycles. The standard InChI is InChI=1S/C29H50O.C2H6/c1-22(2)7-9-24(5)11-12-26-13-15-27(16-14-26)28-17-19-29(20-18-28)30-21-25(6)10-8-23(3)4;1-2/h7,9,17,19,23,25-29H,8,10-16,18,20-21H2,1-6H3;1-2H3/b24-9+;. The van der Waals surface area contributed by atoms with E-state index in [1.54, 1.807) is 0 Å². The summed E-state index contributed by atoms with van der Waals surface area (Å²) in [4.78, 5) is 0. The van der Waals surface area contributed by atoms with E-state index >= 15 is 0 Å². The Kier molecular flexibility index (Phi) is 15.3. The minimum atomic E-state index is 0.370. The Morgan fingerprint density at radius 2 is 1.56 bits per heavy atom. The first-order valence-corrected chi connectivity index (χ1v) is 13.9. The summed E-state index contributed by atoms with van der Waals surface area (Å²) in [7, 11) is 0. The maximum Gasteiger partial charge on any atom is 0.0756 e. The Balaban J connectivity index is 0.00000249.